The number of rotatable bonds is 4. The monoisotopic (exact) mass is 288 g/mol. The van der Waals surface area contributed by atoms with Crippen LogP contribution in [0.25, 0.3) is 0 Å². The molecular formula is C13H12N4O2S. The van der Waals surface area contributed by atoms with Crippen LogP contribution in [0.15, 0.2) is 42.7 Å². The number of nitriles is 1. The van der Waals surface area contributed by atoms with E-state index in [-0.39, 0.29) is 17.1 Å². The fourth-order valence-corrected chi connectivity index (χ4v) is 2.92. The second-order valence-electron chi connectivity index (χ2n) is 4.09. The van der Waals surface area contributed by atoms with Gasteiger partial charge in [-0.05, 0) is 17.7 Å². The minimum absolute atomic E-state index is 0.240. The van der Waals surface area contributed by atoms with Gasteiger partial charge in [0.1, 0.15) is 0 Å². The summed E-state index contributed by atoms with van der Waals surface area (Å²) in [4.78, 5) is 3.78. The average molecular weight is 288 g/mol. The van der Waals surface area contributed by atoms with Crippen LogP contribution in [0, 0.1) is 11.3 Å². The Balaban J connectivity index is 2.25. The van der Waals surface area contributed by atoms with E-state index in [9.17, 15) is 8.42 Å². The number of nitrogen functional groups attached to an aromatic ring is 1. The minimum atomic E-state index is -3.65. The Morgan fingerprint density at radius 3 is 2.75 bits per heavy atom. The minimum Gasteiger partial charge on any atom is -0.396 e. The lowest BCUT2D eigenvalue weighted by molar-refractivity contribution is 0.600. The highest BCUT2D eigenvalue weighted by molar-refractivity contribution is 7.91. The highest BCUT2D eigenvalue weighted by Crippen LogP contribution is 2.19. The third kappa shape index (κ3) is 3.24. The normalized spacial score (nSPS) is 10.8. The zero-order valence-corrected chi connectivity index (χ0v) is 11.3. The summed E-state index contributed by atoms with van der Waals surface area (Å²) in [5, 5.41) is 8.96. The topological polar surface area (TPSA) is 109 Å². The van der Waals surface area contributed by atoms with Crippen molar-refractivity contribution in [1.82, 2.24) is 4.98 Å². The molecule has 6 nitrogen and oxygen atoms in total. The van der Waals surface area contributed by atoms with Gasteiger partial charge < -0.3 is 5.73 Å². The third-order valence-electron chi connectivity index (χ3n) is 2.60. The Bertz CT molecular complexity index is 766. The summed E-state index contributed by atoms with van der Waals surface area (Å²) in [6.45, 7) is 0. The van der Waals surface area contributed by atoms with E-state index in [1.54, 1.807) is 24.3 Å². The average Bonchev–Trinajstić information content (AvgIpc) is 2.41. The molecule has 0 bridgehead atoms. The van der Waals surface area contributed by atoms with Gasteiger partial charge in [-0.3, -0.25) is 9.71 Å². The first-order valence-electron chi connectivity index (χ1n) is 5.70. The van der Waals surface area contributed by atoms with E-state index in [0.29, 0.717) is 11.1 Å². The number of nitrogens with two attached hydrogens (primary N) is 1. The molecule has 7 heteroatoms. The van der Waals surface area contributed by atoms with Crippen LogP contribution in [0.5, 0.6) is 0 Å². The van der Waals surface area contributed by atoms with Crippen molar-refractivity contribution >= 4 is 21.4 Å². The molecule has 0 atom stereocenters. The van der Waals surface area contributed by atoms with E-state index in [0.717, 1.165) is 0 Å². The van der Waals surface area contributed by atoms with Crippen LogP contribution >= 0.6 is 0 Å². The molecule has 1 heterocycles. The maximum absolute atomic E-state index is 12.1. The van der Waals surface area contributed by atoms with E-state index in [1.165, 1.54) is 18.5 Å². The molecule has 0 spiro atoms. The smallest absolute Gasteiger partial charge is 0.237 e. The molecule has 1 aromatic heterocycles. The Morgan fingerprint density at radius 2 is 2.05 bits per heavy atom. The molecular weight excluding hydrogens is 276 g/mol. The fourth-order valence-electron chi connectivity index (χ4n) is 1.66. The number of benzene rings is 1. The molecule has 0 aliphatic rings. The van der Waals surface area contributed by atoms with Crippen LogP contribution < -0.4 is 10.5 Å². The molecule has 2 rings (SSSR count). The molecule has 102 valence electrons. The predicted octanol–water partition coefficient (Wildman–Crippen LogP) is 1.48. The molecule has 0 unspecified atom stereocenters. The maximum Gasteiger partial charge on any atom is 0.237 e. The van der Waals surface area contributed by atoms with E-state index in [1.807, 2.05) is 6.07 Å². The zero-order chi connectivity index (χ0) is 14.6. The fraction of sp³-hybridized carbons (Fsp3) is 0.0769. The molecule has 1 aromatic carbocycles. The molecule has 20 heavy (non-hydrogen) atoms. The van der Waals surface area contributed by atoms with Gasteiger partial charge in [0.2, 0.25) is 10.0 Å². The number of hydrogen-bond acceptors (Lipinski definition) is 5. The quantitative estimate of drug-likeness (QED) is 0.885. The molecule has 3 N–H and O–H groups in total. The van der Waals surface area contributed by atoms with Gasteiger partial charge in [0.15, 0.2) is 0 Å². The SMILES string of the molecule is N#Cc1ccccc1CS(=O)(=O)Nc1ccncc1N. The molecule has 0 saturated heterocycles. The van der Waals surface area contributed by atoms with Crippen LogP contribution in [-0.4, -0.2) is 13.4 Å². The highest BCUT2D eigenvalue weighted by Gasteiger charge is 2.15. The largest absolute Gasteiger partial charge is 0.396 e. The van der Waals surface area contributed by atoms with Crippen molar-refractivity contribution in [2.45, 2.75) is 5.75 Å². The molecule has 0 aliphatic heterocycles. The van der Waals surface area contributed by atoms with Crippen molar-refractivity contribution in [3.05, 3.63) is 53.9 Å². The lowest BCUT2D eigenvalue weighted by Crippen LogP contribution is -2.16. The van der Waals surface area contributed by atoms with Crippen molar-refractivity contribution in [2.75, 3.05) is 10.5 Å². The predicted molar refractivity (Wildman–Crippen MR) is 76.1 cm³/mol. The van der Waals surface area contributed by atoms with Crippen LogP contribution in [0.1, 0.15) is 11.1 Å². The van der Waals surface area contributed by atoms with Crippen molar-refractivity contribution in [2.24, 2.45) is 0 Å². The summed E-state index contributed by atoms with van der Waals surface area (Å²) in [5.74, 6) is -0.293. The van der Waals surface area contributed by atoms with Gasteiger partial charge in [0, 0.05) is 6.20 Å². The van der Waals surface area contributed by atoms with Gasteiger partial charge >= 0.3 is 0 Å². The summed E-state index contributed by atoms with van der Waals surface area (Å²) < 4.78 is 26.6. The zero-order valence-electron chi connectivity index (χ0n) is 10.4. The van der Waals surface area contributed by atoms with Crippen LogP contribution in [0.3, 0.4) is 0 Å². The number of nitrogens with one attached hydrogen (secondary N) is 1. The Morgan fingerprint density at radius 1 is 1.30 bits per heavy atom. The third-order valence-corrected chi connectivity index (χ3v) is 3.82. The van der Waals surface area contributed by atoms with Crippen molar-refractivity contribution in [3.8, 4) is 6.07 Å². The van der Waals surface area contributed by atoms with Crippen molar-refractivity contribution < 1.29 is 8.42 Å². The Kier molecular flexibility index (Phi) is 3.86. The van der Waals surface area contributed by atoms with Gasteiger partial charge in [0.05, 0.1) is 35.0 Å². The maximum atomic E-state index is 12.1. The Hall–Kier alpha value is -2.59. The van der Waals surface area contributed by atoms with Crippen LogP contribution in [-0.2, 0) is 15.8 Å². The van der Waals surface area contributed by atoms with Crippen LogP contribution in [0.2, 0.25) is 0 Å². The highest BCUT2D eigenvalue weighted by atomic mass is 32.2. The first-order valence-corrected chi connectivity index (χ1v) is 7.35. The van der Waals surface area contributed by atoms with Gasteiger partial charge in [-0.15, -0.1) is 0 Å². The molecule has 0 aliphatic carbocycles. The summed E-state index contributed by atoms with van der Waals surface area (Å²) in [6.07, 6.45) is 2.80. The van der Waals surface area contributed by atoms with E-state index < -0.39 is 10.0 Å². The van der Waals surface area contributed by atoms with Crippen molar-refractivity contribution in [1.29, 1.82) is 5.26 Å². The standard InChI is InChI=1S/C13H12N4O2S/c14-7-10-3-1-2-4-11(10)9-20(18,19)17-13-5-6-16-8-12(13)15/h1-6,8H,9,15H2,(H,16,17). The number of hydrogen-bond donors (Lipinski definition) is 2. The van der Waals surface area contributed by atoms with Gasteiger partial charge in [0.25, 0.3) is 0 Å². The van der Waals surface area contributed by atoms with E-state index in [2.05, 4.69) is 9.71 Å². The summed E-state index contributed by atoms with van der Waals surface area (Å²) in [5.41, 5.74) is 6.92. The molecule has 0 fully saturated rings. The van der Waals surface area contributed by atoms with E-state index >= 15 is 0 Å². The second-order valence-corrected chi connectivity index (χ2v) is 5.82. The van der Waals surface area contributed by atoms with Gasteiger partial charge in [-0.1, -0.05) is 18.2 Å². The number of nitrogens with zero attached hydrogens (tertiary/aromatic N) is 2. The second kappa shape index (κ2) is 5.59. The molecule has 0 amide bonds. The summed E-state index contributed by atoms with van der Waals surface area (Å²) in [7, 11) is -3.65. The first kappa shape index (κ1) is 13.8. The molecule has 2 aromatic rings. The lowest BCUT2D eigenvalue weighted by atomic mass is 10.1. The van der Waals surface area contributed by atoms with Crippen LogP contribution in [0.4, 0.5) is 11.4 Å². The van der Waals surface area contributed by atoms with Gasteiger partial charge in [-0.2, -0.15) is 5.26 Å². The Labute approximate surface area is 116 Å². The summed E-state index contributed by atoms with van der Waals surface area (Å²) >= 11 is 0. The number of sulfonamides is 1. The summed E-state index contributed by atoms with van der Waals surface area (Å²) in [6, 6.07) is 9.99. The number of pyridine rings is 1. The lowest BCUT2D eigenvalue weighted by Gasteiger charge is -2.10. The molecule has 0 saturated carbocycles. The molecule has 0 radical (unpaired) electrons. The van der Waals surface area contributed by atoms with E-state index in [4.69, 9.17) is 11.0 Å². The number of aromatic nitrogens is 1. The van der Waals surface area contributed by atoms with Crippen molar-refractivity contribution in [3.63, 3.8) is 0 Å². The van der Waals surface area contributed by atoms with Gasteiger partial charge in [-0.25, -0.2) is 8.42 Å². The first-order chi connectivity index (χ1) is 9.52. The number of anilines is 2.